The summed E-state index contributed by atoms with van der Waals surface area (Å²) in [5.74, 6) is 7.35. The minimum Gasteiger partial charge on any atom is -0.465 e. The number of ether oxygens (including phenoxy) is 1. The van der Waals surface area contributed by atoms with Crippen molar-refractivity contribution >= 4 is 59.1 Å². The van der Waals surface area contributed by atoms with Gasteiger partial charge in [0.2, 0.25) is 5.95 Å². The van der Waals surface area contributed by atoms with Crippen LogP contribution >= 0.6 is 30.3 Å². The molecule has 1 saturated carbocycles. The molecule has 0 radical (unpaired) electrons. The monoisotopic (exact) mass is 518 g/mol. The van der Waals surface area contributed by atoms with E-state index >= 15 is 0 Å². The molecule has 0 unspecified atom stereocenters. The number of hydrazine groups is 1. The van der Waals surface area contributed by atoms with E-state index in [1.807, 2.05) is 16.2 Å². The van der Waals surface area contributed by atoms with E-state index in [1.165, 1.54) is 28.2 Å². The molecule has 152 valence electrons. The molecule has 12 heteroatoms. The van der Waals surface area contributed by atoms with E-state index in [2.05, 4.69) is 41.8 Å². The average molecular weight is 518 g/mol. The average Bonchev–Trinajstić information content (AvgIpc) is 3.37. The van der Waals surface area contributed by atoms with Crippen LogP contribution in [0, 0.1) is 5.92 Å². The smallest absolute Gasteiger partial charge is 0.327 e. The van der Waals surface area contributed by atoms with Crippen LogP contribution in [-0.2, 0) is 9.53 Å². The zero-order valence-corrected chi connectivity index (χ0v) is 18.4. The van der Waals surface area contributed by atoms with Crippen molar-refractivity contribution in [3.63, 3.8) is 0 Å². The minimum atomic E-state index is -0.435. The second-order valence-electron chi connectivity index (χ2n) is 6.35. The first-order valence-corrected chi connectivity index (χ1v) is 12.1. The van der Waals surface area contributed by atoms with Crippen molar-refractivity contribution in [2.45, 2.75) is 19.8 Å². The lowest BCUT2D eigenvalue weighted by atomic mass is 10.3. The van der Waals surface area contributed by atoms with Crippen LogP contribution in [-0.4, -0.2) is 44.6 Å². The maximum absolute atomic E-state index is 11.5. The van der Waals surface area contributed by atoms with Gasteiger partial charge in [0.05, 0.1) is 18.2 Å². The molecule has 10 nitrogen and oxygen atoms in total. The number of carbonyl (C=O) groups excluding carboxylic acids is 1. The maximum atomic E-state index is 11.5. The Labute approximate surface area is 179 Å². The van der Waals surface area contributed by atoms with Crippen molar-refractivity contribution < 1.29 is 9.53 Å². The predicted molar refractivity (Wildman–Crippen MR) is 119 cm³/mol. The lowest BCUT2D eigenvalue weighted by molar-refractivity contribution is -0.143. The predicted octanol–water partition coefficient (Wildman–Crippen LogP) is 2.01. The Morgan fingerprint density at radius 2 is 2.32 bits per heavy atom. The number of rotatable bonds is 10. The molecule has 2 aromatic heterocycles. The molecule has 2 aromatic rings. The molecular formula is C16H23IN8O2S. The highest BCUT2D eigenvalue weighted by Crippen LogP contribution is 2.32. The van der Waals surface area contributed by atoms with Crippen LogP contribution in [0.3, 0.4) is 0 Å². The molecule has 2 heterocycles. The van der Waals surface area contributed by atoms with Gasteiger partial charge in [-0.3, -0.25) is 8.77 Å². The molecule has 6 N–H and O–H groups in total. The van der Waals surface area contributed by atoms with Gasteiger partial charge in [-0.1, -0.05) is 0 Å². The second kappa shape index (κ2) is 9.52. The Morgan fingerprint density at radius 1 is 1.54 bits per heavy atom. The third kappa shape index (κ3) is 5.54. The van der Waals surface area contributed by atoms with E-state index in [0.717, 1.165) is 28.4 Å². The van der Waals surface area contributed by atoms with Gasteiger partial charge in [-0.05, 0) is 31.7 Å². The number of nitrogens with zero attached hydrogens (tertiary/aromatic N) is 4. The van der Waals surface area contributed by atoms with E-state index in [9.17, 15) is 4.79 Å². The van der Waals surface area contributed by atoms with E-state index in [-0.39, 0.29) is 12.4 Å². The van der Waals surface area contributed by atoms with Crippen LogP contribution in [0.4, 0.5) is 11.8 Å². The van der Waals surface area contributed by atoms with Crippen molar-refractivity contribution in [3.8, 4) is 0 Å². The summed E-state index contributed by atoms with van der Waals surface area (Å²) >= 11 is 2.20. The lowest BCUT2D eigenvalue weighted by Crippen LogP contribution is -2.34. The topological polar surface area (TPSA) is 136 Å². The van der Waals surface area contributed by atoms with Gasteiger partial charge in [0.15, 0.2) is 5.65 Å². The molecule has 0 amide bonds. The lowest BCUT2D eigenvalue weighted by Gasteiger charge is -2.15. The Hall–Kier alpha value is -1.93. The normalized spacial score (nSPS) is 14.2. The van der Waals surface area contributed by atoms with Gasteiger partial charge in [0.25, 0.3) is 0 Å². The second-order valence-corrected chi connectivity index (χ2v) is 8.07. The summed E-state index contributed by atoms with van der Waals surface area (Å²) in [4.78, 5) is 20.6. The highest BCUT2D eigenvalue weighted by molar-refractivity contribution is 14.2. The molecule has 0 bridgehead atoms. The van der Waals surface area contributed by atoms with Crippen LogP contribution in [0.15, 0.2) is 24.3 Å². The fraction of sp³-hybridized carbons (Fsp3) is 0.438. The van der Waals surface area contributed by atoms with E-state index in [0.29, 0.717) is 18.5 Å². The molecule has 1 aliphatic rings. The highest BCUT2D eigenvalue weighted by atomic mass is 127. The molecule has 1 aliphatic carbocycles. The van der Waals surface area contributed by atoms with Crippen LogP contribution in [0.1, 0.15) is 19.8 Å². The third-order valence-electron chi connectivity index (χ3n) is 4.02. The number of aromatic nitrogens is 3. The first-order chi connectivity index (χ1) is 13.5. The van der Waals surface area contributed by atoms with Crippen molar-refractivity contribution in [3.05, 3.63) is 24.3 Å². The molecule has 0 saturated heterocycles. The van der Waals surface area contributed by atoms with Gasteiger partial charge in [-0.25, -0.2) is 5.84 Å². The largest absolute Gasteiger partial charge is 0.465 e. The van der Waals surface area contributed by atoms with Gasteiger partial charge in [0.1, 0.15) is 18.2 Å². The van der Waals surface area contributed by atoms with Crippen molar-refractivity contribution in [2.24, 2.45) is 17.5 Å². The summed E-state index contributed by atoms with van der Waals surface area (Å²) in [6.07, 6.45) is 5.84. The first-order valence-electron chi connectivity index (χ1n) is 8.83. The standard InChI is InChI=1S/C16H23IN8O2S/c1-2-27-13(26)9-24(19)8-12(18)21-16-22-14(20-7-10-3-4-10)11-5-6-25(28-17)15(11)23-16/h5-6,8,10H,2-4,7,9,18-19H2,1H3,(H2,20,21,22,23)/b12-8+. The van der Waals surface area contributed by atoms with Crippen LogP contribution < -0.4 is 22.2 Å². The van der Waals surface area contributed by atoms with E-state index < -0.39 is 5.97 Å². The Balaban J connectivity index is 1.77. The molecule has 0 spiro atoms. The fourth-order valence-corrected chi connectivity index (χ4v) is 3.81. The van der Waals surface area contributed by atoms with Gasteiger partial charge in [0, 0.05) is 43.1 Å². The molecule has 0 aromatic carbocycles. The number of halogens is 1. The highest BCUT2D eigenvalue weighted by Gasteiger charge is 2.22. The molecular weight excluding hydrogens is 495 g/mol. The number of nitrogens with two attached hydrogens (primary N) is 2. The van der Waals surface area contributed by atoms with Gasteiger partial charge in [-0.2, -0.15) is 9.97 Å². The summed E-state index contributed by atoms with van der Waals surface area (Å²) in [6, 6.07) is 1.99. The van der Waals surface area contributed by atoms with Gasteiger partial charge in [-0.15, -0.1) is 0 Å². The molecule has 1 fully saturated rings. The molecule has 3 rings (SSSR count). The summed E-state index contributed by atoms with van der Waals surface area (Å²) in [7, 11) is 1.52. The SMILES string of the molecule is CCOC(=O)CN(N)/C=C(\N)Nc1nc(NCC2CC2)c2ccn(SI)c2n1. The van der Waals surface area contributed by atoms with Crippen molar-refractivity contribution in [1.82, 2.24) is 18.9 Å². The quantitative estimate of drug-likeness (QED) is 0.160. The Morgan fingerprint density at radius 3 is 3.00 bits per heavy atom. The minimum absolute atomic E-state index is 0.112. The zero-order chi connectivity index (χ0) is 20.1. The number of esters is 1. The van der Waals surface area contributed by atoms with Crippen LogP contribution in [0.25, 0.3) is 11.0 Å². The van der Waals surface area contributed by atoms with E-state index in [1.54, 1.807) is 6.92 Å². The summed E-state index contributed by atoms with van der Waals surface area (Å²) in [6.45, 7) is 2.80. The number of nitrogens with one attached hydrogen (secondary N) is 2. The first kappa shape index (κ1) is 20.8. The number of carbonyl (C=O) groups is 1. The van der Waals surface area contributed by atoms with E-state index in [4.69, 9.17) is 16.3 Å². The molecule has 0 atom stereocenters. The summed E-state index contributed by atoms with van der Waals surface area (Å²) in [5, 5.41) is 8.43. The Bertz CT molecular complexity index is 870. The van der Waals surface area contributed by atoms with Crippen molar-refractivity contribution in [1.29, 1.82) is 0 Å². The summed E-state index contributed by atoms with van der Waals surface area (Å²) in [5.41, 5.74) is 6.77. The number of hydrogen-bond donors (Lipinski definition) is 4. The molecule has 28 heavy (non-hydrogen) atoms. The zero-order valence-electron chi connectivity index (χ0n) is 15.4. The molecule has 0 aliphatic heterocycles. The van der Waals surface area contributed by atoms with Gasteiger partial charge < -0.3 is 26.1 Å². The van der Waals surface area contributed by atoms with Crippen LogP contribution in [0.2, 0.25) is 0 Å². The van der Waals surface area contributed by atoms with Crippen molar-refractivity contribution in [2.75, 3.05) is 30.3 Å². The van der Waals surface area contributed by atoms with Gasteiger partial charge >= 0.3 is 5.97 Å². The third-order valence-corrected chi connectivity index (χ3v) is 5.73. The number of fused-ring (bicyclic) bond motifs is 1. The van der Waals surface area contributed by atoms with Crippen LogP contribution in [0.5, 0.6) is 0 Å². The number of anilines is 2. The maximum Gasteiger partial charge on any atom is 0.327 e. The fourth-order valence-electron chi connectivity index (χ4n) is 2.54. The number of hydrogen-bond acceptors (Lipinski definition) is 10. The Kier molecular flexibility index (Phi) is 7.07. The summed E-state index contributed by atoms with van der Waals surface area (Å²) < 4.78 is 6.80.